The number of nitrogens with zero attached hydrogens (tertiary/aromatic N) is 1. The molecule has 0 saturated heterocycles. The van der Waals surface area contributed by atoms with E-state index in [-0.39, 0.29) is 6.42 Å². The largest absolute Gasteiger partial charge is 0.481 e. The number of likely N-dealkylation sites (N-methyl/N-ethyl adjacent to an activating group) is 1. The van der Waals surface area contributed by atoms with Gasteiger partial charge in [0.2, 0.25) is 0 Å². The summed E-state index contributed by atoms with van der Waals surface area (Å²) in [6.07, 6.45) is 1.08. The number of carbonyl (C=O) groups is 1. The van der Waals surface area contributed by atoms with Crippen molar-refractivity contribution in [1.82, 2.24) is 4.90 Å². The Morgan fingerprint density at radius 3 is 2.78 bits per heavy atom. The molecule has 1 aromatic rings. The third kappa shape index (κ3) is 4.75. The van der Waals surface area contributed by atoms with Crippen LogP contribution in [0.3, 0.4) is 0 Å². The molecule has 1 unspecified atom stereocenters. The molecule has 1 rings (SSSR count). The number of anilines is 1. The second-order valence-electron chi connectivity index (χ2n) is 4.57. The highest BCUT2D eigenvalue weighted by atomic mass is 16.4. The summed E-state index contributed by atoms with van der Waals surface area (Å²) in [5.41, 5.74) is 7.71. The lowest BCUT2D eigenvalue weighted by molar-refractivity contribution is -0.137. The van der Waals surface area contributed by atoms with Crippen molar-refractivity contribution in [1.29, 1.82) is 0 Å². The fourth-order valence-electron chi connectivity index (χ4n) is 2.12. The molecule has 1 aromatic carbocycles. The minimum absolute atomic E-state index is 0.190. The molecule has 0 aromatic heterocycles. The zero-order chi connectivity index (χ0) is 13.5. The van der Waals surface area contributed by atoms with Gasteiger partial charge in [-0.1, -0.05) is 19.1 Å². The summed E-state index contributed by atoms with van der Waals surface area (Å²) in [5.74, 6) is -0.746. The van der Waals surface area contributed by atoms with E-state index in [4.69, 9.17) is 10.8 Å². The SMILES string of the molecule is CCN(CCC(=O)O)C(C)Cc1cccc(N)c1. The summed E-state index contributed by atoms with van der Waals surface area (Å²) in [7, 11) is 0. The van der Waals surface area contributed by atoms with E-state index in [1.54, 1.807) is 0 Å². The van der Waals surface area contributed by atoms with Crippen LogP contribution in [0.5, 0.6) is 0 Å². The number of nitrogen functional groups attached to an aromatic ring is 1. The predicted octanol–water partition coefficient (Wildman–Crippen LogP) is 2.00. The van der Waals surface area contributed by atoms with E-state index < -0.39 is 5.97 Å². The van der Waals surface area contributed by atoms with E-state index >= 15 is 0 Å². The minimum Gasteiger partial charge on any atom is -0.481 e. The number of benzene rings is 1. The number of carboxylic acid groups (broad SMARTS) is 1. The van der Waals surface area contributed by atoms with Crippen LogP contribution < -0.4 is 5.73 Å². The molecule has 18 heavy (non-hydrogen) atoms. The highest BCUT2D eigenvalue weighted by Gasteiger charge is 2.13. The number of nitrogens with two attached hydrogens (primary N) is 1. The van der Waals surface area contributed by atoms with Crippen molar-refractivity contribution in [2.24, 2.45) is 0 Å². The fraction of sp³-hybridized carbons (Fsp3) is 0.500. The molecule has 0 aliphatic heterocycles. The highest BCUT2D eigenvalue weighted by Crippen LogP contribution is 2.12. The van der Waals surface area contributed by atoms with Crippen LogP contribution in [-0.2, 0) is 11.2 Å². The van der Waals surface area contributed by atoms with Crippen LogP contribution in [0.4, 0.5) is 5.69 Å². The summed E-state index contributed by atoms with van der Waals surface area (Å²) >= 11 is 0. The summed E-state index contributed by atoms with van der Waals surface area (Å²) < 4.78 is 0. The zero-order valence-corrected chi connectivity index (χ0v) is 11.1. The van der Waals surface area contributed by atoms with E-state index in [1.165, 1.54) is 5.56 Å². The Morgan fingerprint density at radius 2 is 2.22 bits per heavy atom. The second-order valence-corrected chi connectivity index (χ2v) is 4.57. The van der Waals surface area contributed by atoms with Gasteiger partial charge in [-0.15, -0.1) is 0 Å². The monoisotopic (exact) mass is 250 g/mol. The maximum Gasteiger partial charge on any atom is 0.304 e. The van der Waals surface area contributed by atoms with Gasteiger partial charge in [-0.25, -0.2) is 0 Å². The lowest BCUT2D eigenvalue weighted by atomic mass is 10.1. The molecular formula is C14H22N2O2. The van der Waals surface area contributed by atoms with Crippen molar-refractivity contribution in [2.45, 2.75) is 32.7 Å². The van der Waals surface area contributed by atoms with Gasteiger partial charge < -0.3 is 15.7 Å². The average molecular weight is 250 g/mol. The van der Waals surface area contributed by atoms with Crippen molar-refractivity contribution in [3.05, 3.63) is 29.8 Å². The van der Waals surface area contributed by atoms with E-state index in [9.17, 15) is 4.79 Å². The standard InChI is InChI=1S/C14H22N2O2/c1-3-16(8-7-14(17)18)11(2)9-12-5-4-6-13(15)10-12/h4-6,10-11H,3,7-9,15H2,1-2H3,(H,17,18). The predicted molar refractivity (Wildman–Crippen MR) is 73.5 cm³/mol. The molecule has 0 aliphatic carbocycles. The van der Waals surface area contributed by atoms with Gasteiger partial charge in [0.05, 0.1) is 6.42 Å². The molecule has 0 heterocycles. The smallest absolute Gasteiger partial charge is 0.304 e. The highest BCUT2D eigenvalue weighted by molar-refractivity contribution is 5.66. The molecular weight excluding hydrogens is 228 g/mol. The van der Waals surface area contributed by atoms with Gasteiger partial charge in [0.15, 0.2) is 0 Å². The Bertz CT molecular complexity index is 393. The van der Waals surface area contributed by atoms with Crippen molar-refractivity contribution in [2.75, 3.05) is 18.8 Å². The molecule has 0 aliphatic rings. The van der Waals surface area contributed by atoms with Crippen molar-refractivity contribution < 1.29 is 9.90 Å². The van der Waals surface area contributed by atoms with Crippen LogP contribution in [0.2, 0.25) is 0 Å². The molecule has 0 amide bonds. The summed E-state index contributed by atoms with van der Waals surface area (Å²) in [6, 6.07) is 8.16. The van der Waals surface area contributed by atoms with Gasteiger partial charge in [-0.05, 0) is 37.6 Å². The Hall–Kier alpha value is -1.55. The van der Waals surface area contributed by atoms with Crippen molar-refractivity contribution in [3.63, 3.8) is 0 Å². The quantitative estimate of drug-likeness (QED) is 0.726. The first-order valence-corrected chi connectivity index (χ1v) is 6.33. The van der Waals surface area contributed by atoms with Gasteiger partial charge >= 0.3 is 5.97 Å². The molecule has 0 radical (unpaired) electrons. The van der Waals surface area contributed by atoms with Crippen LogP contribution >= 0.6 is 0 Å². The molecule has 1 atom stereocenters. The van der Waals surface area contributed by atoms with Crippen molar-refractivity contribution >= 4 is 11.7 Å². The molecule has 0 bridgehead atoms. The van der Waals surface area contributed by atoms with Crippen molar-refractivity contribution in [3.8, 4) is 0 Å². The van der Waals surface area contributed by atoms with Gasteiger partial charge in [0.25, 0.3) is 0 Å². The first-order chi connectivity index (χ1) is 8.52. The van der Waals surface area contributed by atoms with Gasteiger partial charge in [0.1, 0.15) is 0 Å². The number of hydrogen-bond acceptors (Lipinski definition) is 3. The lowest BCUT2D eigenvalue weighted by Crippen LogP contribution is -2.36. The maximum atomic E-state index is 10.6. The molecule has 100 valence electrons. The van der Waals surface area contributed by atoms with E-state index in [0.29, 0.717) is 12.6 Å². The van der Waals surface area contributed by atoms with Crippen LogP contribution in [0, 0.1) is 0 Å². The van der Waals surface area contributed by atoms with Gasteiger partial charge in [-0.3, -0.25) is 4.79 Å². The number of aliphatic carboxylic acids is 1. The summed E-state index contributed by atoms with van der Waals surface area (Å²) in [5, 5.41) is 8.72. The third-order valence-corrected chi connectivity index (χ3v) is 3.12. The minimum atomic E-state index is -0.746. The third-order valence-electron chi connectivity index (χ3n) is 3.12. The fourth-order valence-corrected chi connectivity index (χ4v) is 2.12. The molecule has 0 fully saturated rings. The van der Waals surface area contributed by atoms with Crippen LogP contribution in [0.25, 0.3) is 0 Å². The van der Waals surface area contributed by atoms with Crippen LogP contribution in [0.1, 0.15) is 25.8 Å². The van der Waals surface area contributed by atoms with Gasteiger partial charge in [-0.2, -0.15) is 0 Å². The Labute approximate surface area is 108 Å². The van der Waals surface area contributed by atoms with Crippen LogP contribution in [0.15, 0.2) is 24.3 Å². The number of hydrogen-bond donors (Lipinski definition) is 2. The average Bonchev–Trinajstić information content (AvgIpc) is 2.29. The molecule has 0 saturated carbocycles. The summed E-state index contributed by atoms with van der Waals surface area (Å²) in [4.78, 5) is 12.8. The van der Waals surface area contributed by atoms with Crippen LogP contribution in [-0.4, -0.2) is 35.1 Å². The van der Waals surface area contributed by atoms with E-state index in [1.807, 2.05) is 18.2 Å². The van der Waals surface area contributed by atoms with E-state index in [2.05, 4.69) is 24.8 Å². The van der Waals surface area contributed by atoms with E-state index in [0.717, 1.165) is 18.7 Å². The molecule has 4 heteroatoms. The normalized spacial score (nSPS) is 12.6. The zero-order valence-electron chi connectivity index (χ0n) is 11.1. The lowest BCUT2D eigenvalue weighted by Gasteiger charge is -2.27. The Kier molecular flexibility index (Phi) is 5.65. The first-order valence-electron chi connectivity index (χ1n) is 6.33. The maximum absolute atomic E-state index is 10.6. The topological polar surface area (TPSA) is 66.6 Å². The summed E-state index contributed by atoms with van der Waals surface area (Å²) in [6.45, 7) is 5.62. The molecule has 0 spiro atoms. The molecule has 4 nitrogen and oxygen atoms in total. The van der Waals surface area contributed by atoms with Gasteiger partial charge in [0, 0.05) is 18.3 Å². The molecule has 3 N–H and O–H groups in total. The first kappa shape index (κ1) is 14.5. The Balaban J connectivity index is 2.56. The second kappa shape index (κ2) is 7.01. The number of rotatable bonds is 7. The number of carboxylic acids is 1. The Morgan fingerprint density at radius 1 is 1.50 bits per heavy atom.